The molecule has 1 fully saturated rings. The minimum absolute atomic E-state index is 0.0653. The van der Waals surface area contributed by atoms with Gasteiger partial charge in [-0.05, 0) is 61.7 Å². The molecular formula is C23H21N3O5. The lowest BCUT2D eigenvalue weighted by Crippen LogP contribution is -2.43. The highest BCUT2D eigenvalue weighted by molar-refractivity contribution is 6.07. The summed E-state index contributed by atoms with van der Waals surface area (Å²) in [5.41, 5.74) is 3.57. The Hall–Kier alpha value is -3.68. The summed E-state index contributed by atoms with van der Waals surface area (Å²) in [6, 6.07) is 9.84. The fourth-order valence-electron chi connectivity index (χ4n) is 4.45. The normalized spacial score (nSPS) is 21.0. The standard InChI is InChI=1S/C23H21N3O5/c1-12-15-9-13(4-6-16(15)24-21(12)28)20(27)11-31-23(30)14-5-7-18-17(10-14)25-22(29)19-3-2-8-26(18)19/h4-7,9-10,12,19H,2-3,8,11H2,1H3,(H,24,28)(H,25,29)/t12-,19+/m0/s1. The number of carbonyl (C=O) groups excluding carboxylic acids is 4. The molecule has 2 aromatic carbocycles. The van der Waals surface area contributed by atoms with Crippen molar-refractivity contribution in [1.82, 2.24) is 0 Å². The quantitative estimate of drug-likeness (QED) is 0.583. The van der Waals surface area contributed by atoms with E-state index in [0.717, 1.165) is 30.6 Å². The Balaban J connectivity index is 1.27. The van der Waals surface area contributed by atoms with E-state index in [1.54, 1.807) is 43.3 Å². The SMILES string of the molecule is C[C@@H]1C(=O)Nc2ccc(C(=O)COC(=O)c3ccc4c(c3)NC(=O)[C@H]3CCCN43)cc21. The van der Waals surface area contributed by atoms with Crippen molar-refractivity contribution in [2.75, 3.05) is 28.7 Å². The van der Waals surface area contributed by atoms with Crippen molar-refractivity contribution in [2.24, 2.45) is 0 Å². The smallest absolute Gasteiger partial charge is 0.338 e. The van der Waals surface area contributed by atoms with Gasteiger partial charge < -0.3 is 20.3 Å². The summed E-state index contributed by atoms with van der Waals surface area (Å²) >= 11 is 0. The van der Waals surface area contributed by atoms with Crippen LogP contribution in [0, 0.1) is 0 Å². The number of nitrogens with zero attached hydrogens (tertiary/aromatic N) is 1. The third kappa shape index (κ3) is 3.24. The summed E-state index contributed by atoms with van der Waals surface area (Å²) in [5, 5.41) is 5.62. The van der Waals surface area contributed by atoms with Crippen molar-refractivity contribution in [1.29, 1.82) is 0 Å². The molecule has 2 amide bonds. The number of amides is 2. The van der Waals surface area contributed by atoms with Crippen molar-refractivity contribution >= 4 is 40.6 Å². The second-order valence-electron chi connectivity index (χ2n) is 8.08. The lowest BCUT2D eigenvalue weighted by atomic mass is 9.99. The van der Waals surface area contributed by atoms with Gasteiger partial charge in [-0.1, -0.05) is 0 Å². The molecule has 3 heterocycles. The van der Waals surface area contributed by atoms with Crippen molar-refractivity contribution < 1.29 is 23.9 Å². The highest BCUT2D eigenvalue weighted by Crippen LogP contribution is 2.37. The largest absolute Gasteiger partial charge is 0.454 e. The highest BCUT2D eigenvalue weighted by Gasteiger charge is 2.36. The number of esters is 1. The van der Waals surface area contributed by atoms with Gasteiger partial charge in [-0.15, -0.1) is 0 Å². The average molecular weight is 419 g/mol. The number of anilines is 3. The number of fused-ring (bicyclic) bond motifs is 4. The molecule has 0 aliphatic carbocycles. The van der Waals surface area contributed by atoms with E-state index in [2.05, 4.69) is 15.5 Å². The summed E-state index contributed by atoms with van der Waals surface area (Å²) < 4.78 is 5.22. The van der Waals surface area contributed by atoms with E-state index in [0.29, 0.717) is 16.9 Å². The Morgan fingerprint density at radius 1 is 1.03 bits per heavy atom. The number of nitrogens with one attached hydrogen (secondary N) is 2. The molecular weight excluding hydrogens is 398 g/mol. The van der Waals surface area contributed by atoms with E-state index in [-0.39, 0.29) is 35.1 Å². The monoisotopic (exact) mass is 419 g/mol. The molecule has 5 rings (SSSR count). The van der Waals surface area contributed by atoms with Crippen molar-refractivity contribution in [3.05, 3.63) is 53.1 Å². The van der Waals surface area contributed by atoms with E-state index in [1.165, 1.54) is 0 Å². The summed E-state index contributed by atoms with van der Waals surface area (Å²) in [7, 11) is 0. The molecule has 158 valence electrons. The lowest BCUT2D eigenvalue weighted by Gasteiger charge is -2.33. The first-order valence-corrected chi connectivity index (χ1v) is 10.3. The first-order valence-electron chi connectivity index (χ1n) is 10.3. The number of carbonyl (C=O) groups is 4. The molecule has 8 heteroatoms. The zero-order chi connectivity index (χ0) is 21.7. The Morgan fingerprint density at radius 2 is 1.81 bits per heavy atom. The molecule has 3 aliphatic rings. The Kier molecular flexibility index (Phi) is 4.50. The molecule has 3 aliphatic heterocycles. The minimum Gasteiger partial charge on any atom is -0.454 e. The lowest BCUT2D eigenvalue weighted by molar-refractivity contribution is -0.117. The molecule has 8 nitrogen and oxygen atoms in total. The van der Waals surface area contributed by atoms with Crippen LogP contribution in [-0.4, -0.2) is 42.8 Å². The van der Waals surface area contributed by atoms with Gasteiger partial charge in [0.1, 0.15) is 6.04 Å². The van der Waals surface area contributed by atoms with Crippen LogP contribution in [0.1, 0.15) is 52.0 Å². The second kappa shape index (κ2) is 7.23. The maximum Gasteiger partial charge on any atom is 0.338 e. The summed E-state index contributed by atoms with van der Waals surface area (Å²) in [4.78, 5) is 51.1. The van der Waals surface area contributed by atoms with E-state index in [9.17, 15) is 19.2 Å². The van der Waals surface area contributed by atoms with Gasteiger partial charge in [-0.25, -0.2) is 4.79 Å². The van der Waals surface area contributed by atoms with Gasteiger partial charge in [0, 0.05) is 17.8 Å². The first kappa shape index (κ1) is 19.3. The number of ketones is 1. The zero-order valence-corrected chi connectivity index (χ0v) is 16.9. The number of hydrogen-bond acceptors (Lipinski definition) is 6. The minimum atomic E-state index is -0.639. The fraction of sp³-hybridized carbons (Fsp3) is 0.304. The number of ether oxygens (including phenoxy) is 1. The van der Waals surface area contributed by atoms with E-state index in [1.807, 2.05) is 0 Å². The van der Waals surface area contributed by atoms with Crippen molar-refractivity contribution in [3.8, 4) is 0 Å². The number of hydrogen-bond donors (Lipinski definition) is 2. The van der Waals surface area contributed by atoms with E-state index in [4.69, 9.17) is 4.74 Å². The van der Waals surface area contributed by atoms with Gasteiger partial charge in [0.25, 0.3) is 0 Å². The molecule has 0 radical (unpaired) electrons. The number of rotatable bonds is 4. The molecule has 0 unspecified atom stereocenters. The third-order valence-electron chi connectivity index (χ3n) is 6.18. The van der Waals surface area contributed by atoms with E-state index >= 15 is 0 Å². The average Bonchev–Trinajstić information content (AvgIpc) is 3.37. The van der Waals surface area contributed by atoms with Gasteiger partial charge in [-0.2, -0.15) is 0 Å². The second-order valence-corrected chi connectivity index (χ2v) is 8.08. The molecule has 31 heavy (non-hydrogen) atoms. The zero-order valence-electron chi connectivity index (χ0n) is 16.9. The van der Waals surface area contributed by atoms with Crippen LogP contribution in [0.3, 0.4) is 0 Å². The highest BCUT2D eigenvalue weighted by atomic mass is 16.5. The first-order chi connectivity index (χ1) is 14.9. The Bertz CT molecular complexity index is 1140. The van der Waals surface area contributed by atoms with Crippen LogP contribution in [0.25, 0.3) is 0 Å². The summed E-state index contributed by atoms with van der Waals surface area (Å²) in [6.07, 6.45) is 1.78. The van der Waals surface area contributed by atoms with Crippen LogP contribution in [0.2, 0.25) is 0 Å². The van der Waals surface area contributed by atoms with Crippen molar-refractivity contribution in [2.45, 2.75) is 31.7 Å². The van der Waals surface area contributed by atoms with Gasteiger partial charge in [0.2, 0.25) is 11.8 Å². The summed E-state index contributed by atoms with van der Waals surface area (Å²) in [5.74, 6) is -1.49. The third-order valence-corrected chi connectivity index (χ3v) is 6.18. The molecule has 0 bridgehead atoms. The predicted octanol–water partition coefficient (Wildman–Crippen LogP) is 2.70. The summed E-state index contributed by atoms with van der Waals surface area (Å²) in [6.45, 7) is 2.17. The van der Waals surface area contributed by atoms with Gasteiger partial charge >= 0.3 is 5.97 Å². The molecule has 2 aromatic rings. The van der Waals surface area contributed by atoms with Gasteiger partial charge in [-0.3, -0.25) is 14.4 Å². The maximum atomic E-state index is 12.5. The van der Waals surface area contributed by atoms with E-state index < -0.39 is 12.6 Å². The number of Topliss-reactive ketones (excluding diaryl/α,β-unsaturated/α-hetero) is 1. The Morgan fingerprint density at radius 3 is 2.65 bits per heavy atom. The molecule has 0 spiro atoms. The van der Waals surface area contributed by atoms with Crippen LogP contribution in [0.5, 0.6) is 0 Å². The molecule has 2 N–H and O–H groups in total. The topological polar surface area (TPSA) is 105 Å². The maximum absolute atomic E-state index is 12.5. The fourth-order valence-corrected chi connectivity index (χ4v) is 4.45. The molecule has 1 saturated heterocycles. The van der Waals surface area contributed by atoms with Crippen LogP contribution in [-0.2, 0) is 14.3 Å². The van der Waals surface area contributed by atoms with Crippen molar-refractivity contribution in [3.63, 3.8) is 0 Å². The molecule has 0 aromatic heterocycles. The van der Waals surface area contributed by atoms with Crippen LogP contribution >= 0.6 is 0 Å². The van der Waals surface area contributed by atoms with Gasteiger partial charge in [0.05, 0.1) is 22.9 Å². The molecule has 2 atom stereocenters. The number of benzene rings is 2. The van der Waals surface area contributed by atoms with Crippen LogP contribution in [0.15, 0.2) is 36.4 Å². The molecule has 0 saturated carbocycles. The van der Waals surface area contributed by atoms with Crippen LogP contribution in [0.4, 0.5) is 17.1 Å². The Labute approximate surface area is 178 Å². The van der Waals surface area contributed by atoms with Gasteiger partial charge in [0.15, 0.2) is 12.4 Å². The predicted molar refractivity (Wildman–Crippen MR) is 114 cm³/mol. The van der Waals surface area contributed by atoms with Crippen LogP contribution < -0.4 is 15.5 Å².